The normalized spacial score (nSPS) is 17.6. The molecule has 8 nitrogen and oxygen atoms in total. The molecule has 0 spiro atoms. The van der Waals surface area contributed by atoms with Gasteiger partial charge in [-0.3, -0.25) is 19.3 Å². The van der Waals surface area contributed by atoms with Crippen molar-refractivity contribution in [2.45, 2.75) is 26.8 Å². The number of hydrogen-bond donors (Lipinski definition) is 2. The minimum Gasteiger partial charge on any atom is -0.478 e. The molecule has 1 aromatic heterocycles. The van der Waals surface area contributed by atoms with Crippen molar-refractivity contribution in [1.82, 2.24) is 0 Å². The second-order valence-electron chi connectivity index (χ2n) is 8.48. The Bertz CT molecular complexity index is 1380. The van der Waals surface area contributed by atoms with Crippen molar-refractivity contribution in [2.75, 3.05) is 4.90 Å². The Balaban J connectivity index is 1.99. The molecule has 1 aliphatic rings. The molecule has 0 radical (unpaired) electrons. The molecular formula is C26H21NO7S. The fourth-order valence-corrected chi connectivity index (χ4v) is 5.10. The standard InChI is InChI=1S/C26H21NO7S/c1-12-7-14(3)18(8-13(12)2)21-20(22(28)19-5-4-6-35-19)23(29)24(30)27(21)17-10-15(25(31)32)9-16(11-17)26(33)34/h4-11,20-21H,1-3H3,(H,31,32)(H,33,34). The van der Waals surface area contributed by atoms with E-state index in [0.29, 0.717) is 10.4 Å². The summed E-state index contributed by atoms with van der Waals surface area (Å²) < 4.78 is 0. The number of thiophene rings is 1. The monoisotopic (exact) mass is 491 g/mol. The van der Waals surface area contributed by atoms with Crippen LogP contribution in [-0.4, -0.2) is 39.6 Å². The van der Waals surface area contributed by atoms with Crippen molar-refractivity contribution < 1.29 is 34.2 Å². The van der Waals surface area contributed by atoms with Crippen LogP contribution in [0.1, 0.15) is 58.7 Å². The first kappa shape index (κ1) is 24.0. The number of aryl methyl sites for hydroxylation is 3. The topological polar surface area (TPSA) is 129 Å². The van der Waals surface area contributed by atoms with Gasteiger partial charge in [-0.05, 0) is 72.7 Å². The van der Waals surface area contributed by atoms with E-state index in [0.717, 1.165) is 51.1 Å². The number of benzene rings is 2. The molecule has 1 aliphatic heterocycles. The molecule has 1 fully saturated rings. The van der Waals surface area contributed by atoms with Crippen LogP contribution in [0.3, 0.4) is 0 Å². The van der Waals surface area contributed by atoms with Crippen molar-refractivity contribution in [3.63, 3.8) is 0 Å². The molecule has 9 heteroatoms. The molecule has 2 aromatic carbocycles. The van der Waals surface area contributed by atoms with Crippen LogP contribution in [0.4, 0.5) is 5.69 Å². The predicted octanol–water partition coefficient (Wildman–Crippen LogP) is 4.23. The predicted molar refractivity (Wildman–Crippen MR) is 128 cm³/mol. The van der Waals surface area contributed by atoms with E-state index in [2.05, 4.69) is 0 Å². The lowest BCUT2D eigenvalue weighted by Gasteiger charge is -2.29. The van der Waals surface area contributed by atoms with E-state index >= 15 is 0 Å². The molecule has 2 unspecified atom stereocenters. The average Bonchev–Trinajstić information content (AvgIpc) is 3.43. The van der Waals surface area contributed by atoms with E-state index in [1.54, 1.807) is 24.4 Å². The van der Waals surface area contributed by atoms with Gasteiger partial charge >= 0.3 is 11.9 Å². The summed E-state index contributed by atoms with van der Waals surface area (Å²) in [6.45, 7) is 5.58. The molecule has 3 aromatic rings. The fraction of sp³-hybridized carbons (Fsp3) is 0.192. The van der Waals surface area contributed by atoms with Gasteiger partial charge in [0.1, 0.15) is 5.92 Å². The molecule has 0 aliphatic carbocycles. The number of ketones is 2. The Morgan fingerprint density at radius 2 is 1.46 bits per heavy atom. The van der Waals surface area contributed by atoms with Gasteiger partial charge in [0, 0.05) is 5.69 Å². The van der Waals surface area contributed by atoms with Crippen LogP contribution < -0.4 is 4.90 Å². The van der Waals surface area contributed by atoms with Crippen LogP contribution in [0.5, 0.6) is 0 Å². The van der Waals surface area contributed by atoms with Crippen molar-refractivity contribution in [1.29, 1.82) is 0 Å². The molecule has 0 saturated carbocycles. The van der Waals surface area contributed by atoms with Crippen LogP contribution >= 0.6 is 11.3 Å². The number of anilines is 1. The zero-order valence-corrected chi connectivity index (χ0v) is 19.9. The number of Topliss-reactive ketones (excluding diaryl/α,β-unsaturated/α-hetero) is 2. The lowest BCUT2D eigenvalue weighted by atomic mass is 9.85. The zero-order chi connectivity index (χ0) is 25.6. The minimum absolute atomic E-state index is 0.0789. The van der Waals surface area contributed by atoms with E-state index in [1.165, 1.54) is 0 Å². The van der Waals surface area contributed by atoms with Crippen LogP contribution in [0.2, 0.25) is 0 Å². The lowest BCUT2D eigenvalue weighted by Crippen LogP contribution is -2.31. The highest BCUT2D eigenvalue weighted by atomic mass is 32.1. The number of carbonyl (C=O) groups excluding carboxylic acids is 3. The van der Waals surface area contributed by atoms with Crippen molar-refractivity contribution >= 4 is 46.4 Å². The summed E-state index contributed by atoms with van der Waals surface area (Å²) in [7, 11) is 0. The molecule has 4 rings (SSSR count). The first-order chi connectivity index (χ1) is 16.5. The van der Waals surface area contributed by atoms with E-state index in [9.17, 15) is 34.2 Å². The number of nitrogens with zero attached hydrogens (tertiary/aromatic N) is 1. The second-order valence-corrected chi connectivity index (χ2v) is 9.42. The van der Waals surface area contributed by atoms with Gasteiger partial charge in [-0.25, -0.2) is 9.59 Å². The number of carboxylic acid groups (broad SMARTS) is 2. The van der Waals surface area contributed by atoms with E-state index < -0.39 is 41.4 Å². The van der Waals surface area contributed by atoms with Crippen LogP contribution in [0.15, 0.2) is 47.8 Å². The highest BCUT2D eigenvalue weighted by Crippen LogP contribution is 2.43. The van der Waals surface area contributed by atoms with Gasteiger partial charge in [0.15, 0.2) is 5.78 Å². The largest absolute Gasteiger partial charge is 0.478 e. The van der Waals surface area contributed by atoms with E-state index in [1.807, 2.05) is 26.0 Å². The molecule has 2 heterocycles. The number of carbonyl (C=O) groups is 5. The third kappa shape index (κ3) is 4.15. The van der Waals surface area contributed by atoms with Gasteiger partial charge < -0.3 is 10.2 Å². The van der Waals surface area contributed by atoms with E-state index in [-0.39, 0.29) is 16.8 Å². The van der Waals surface area contributed by atoms with Gasteiger partial charge in [0.25, 0.3) is 5.91 Å². The average molecular weight is 492 g/mol. The quantitative estimate of drug-likeness (QED) is 0.300. The molecular weight excluding hydrogens is 470 g/mol. The second kappa shape index (κ2) is 8.92. The Kier molecular flexibility index (Phi) is 6.12. The van der Waals surface area contributed by atoms with Gasteiger partial charge in [0.2, 0.25) is 5.78 Å². The van der Waals surface area contributed by atoms with Crippen molar-refractivity contribution in [3.05, 3.63) is 86.1 Å². The van der Waals surface area contributed by atoms with Crippen LogP contribution in [-0.2, 0) is 9.59 Å². The minimum atomic E-state index is -1.39. The Morgan fingerprint density at radius 3 is 2.00 bits per heavy atom. The molecule has 178 valence electrons. The zero-order valence-electron chi connectivity index (χ0n) is 19.1. The fourth-order valence-electron chi connectivity index (χ4n) is 4.40. The third-order valence-electron chi connectivity index (χ3n) is 6.24. The highest BCUT2D eigenvalue weighted by molar-refractivity contribution is 7.12. The summed E-state index contributed by atoms with van der Waals surface area (Å²) in [6.07, 6.45) is 0. The van der Waals surface area contributed by atoms with Crippen LogP contribution in [0.25, 0.3) is 0 Å². The summed E-state index contributed by atoms with van der Waals surface area (Å²) >= 11 is 1.15. The highest BCUT2D eigenvalue weighted by Gasteiger charge is 2.53. The summed E-state index contributed by atoms with van der Waals surface area (Å²) in [4.78, 5) is 64.8. The molecule has 0 bridgehead atoms. The van der Waals surface area contributed by atoms with Gasteiger partial charge in [-0.1, -0.05) is 18.2 Å². The van der Waals surface area contributed by atoms with Gasteiger partial charge in [0.05, 0.1) is 22.0 Å². The van der Waals surface area contributed by atoms with Crippen LogP contribution in [0, 0.1) is 26.7 Å². The van der Waals surface area contributed by atoms with Crippen molar-refractivity contribution in [2.24, 2.45) is 5.92 Å². The first-order valence-electron chi connectivity index (χ1n) is 10.7. The van der Waals surface area contributed by atoms with Crippen molar-refractivity contribution in [3.8, 4) is 0 Å². The molecule has 1 saturated heterocycles. The summed E-state index contributed by atoms with van der Waals surface area (Å²) in [5, 5.41) is 20.7. The smallest absolute Gasteiger partial charge is 0.335 e. The SMILES string of the molecule is Cc1cc(C)c(C2C(C(=O)c3cccs3)C(=O)C(=O)N2c2cc(C(=O)O)cc(C(=O)O)c2)cc1C. The maximum absolute atomic E-state index is 13.5. The van der Waals surface area contributed by atoms with E-state index in [4.69, 9.17) is 0 Å². The lowest BCUT2D eigenvalue weighted by molar-refractivity contribution is -0.135. The maximum Gasteiger partial charge on any atom is 0.335 e. The third-order valence-corrected chi connectivity index (χ3v) is 7.13. The summed E-state index contributed by atoms with van der Waals surface area (Å²) in [5.41, 5.74) is 2.36. The van der Waals surface area contributed by atoms with Gasteiger partial charge in [-0.2, -0.15) is 0 Å². The Morgan fingerprint density at radius 1 is 0.857 bits per heavy atom. The number of hydrogen-bond acceptors (Lipinski definition) is 6. The number of aromatic carboxylic acids is 2. The number of amides is 1. The summed E-state index contributed by atoms with van der Waals surface area (Å²) in [6, 6.07) is 9.12. The molecule has 35 heavy (non-hydrogen) atoms. The molecule has 1 amide bonds. The Labute approximate surface area is 204 Å². The molecule has 2 N–H and O–H groups in total. The van der Waals surface area contributed by atoms with Gasteiger partial charge in [-0.15, -0.1) is 11.3 Å². The molecule has 2 atom stereocenters. The first-order valence-corrected chi connectivity index (χ1v) is 11.5. The number of carboxylic acids is 2. The summed E-state index contributed by atoms with van der Waals surface area (Å²) in [5.74, 6) is -6.60. The maximum atomic E-state index is 13.5. The Hall–Kier alpha value is -4.11. The number of rotatable bonds is 6.